The van der Waals surface area contributed by atoms with Gasteiger partial charge in [0.15, 0.2) is 0 Å². The summed E-state index contributed by atoms with van der Waals surface area (Å²) < 4.78 is 0. The topological polar surface area (TPSA) is 3.24 Å². The normalized spacial score (nSPS) is 15.2. The van der Waals surface area contributed by atoms with Crippen LogP contribution in [0, 0.1) is 0 Å². The Hall–Kier alpha value is -0.820. The lowest BCUT2D eigenvalue weighted by Crippen LogP contribution is -2.23. The number of allylic oxidation sites excluding steroid dienone is 4. The zero-order valence-electron chi connectivity index (χ0n) is 9.90. The SMILES string of the molecule is C/C=C\CC/C=C\C(/C=C/C)N(C)C. The van der Waals surface area contributed by atoms with Gasteiger partial charge < -0.3 is 0 Å². The first-order valence-electron chi connectivity index (χ1n) is 5.29. The van der Waals surface area contributed by atoms with Crippen molar-refractivity contribution in [3.8, 4) is 0 Å². The first-order valence-corrected chi connectivity index (χ1v) is 5.29. The Balaban J connectivity index is 3.90. The fourth-order valence-corrected chi connectivity index (χ4v) is 1.20. The van der Waals surface area contributed by atoms with Crippen molar-refractivity contribution in [3.05, 3.63) is 36.5 Å². The molecule has 1 unspecified atom stereocenters. The minimum absolute atomic E-state index is 0.436. The second-order valence-corrected chi connectivity index (χ2v) is 3.55. The van der Waals surface area contributed by atoms with Crippen LogP contribution < -0.4 is 0 Å². The van der Waals surface area contributed by atoms with Gasteiger partial charge in [-0.05, 0) is 40.8 Å². The smallest absolute Gasteiger partial charge is 0.0455 e. The van der Waals surface area contributed by atoms with Gasteiger partial charge >= 0.3 is 0 Å². The van der Waals surface area contributed by atoms with Crippen molar-refractivity contribution < 1.29 is 0 Å². The van der Waals surface area contributed by atoms with E-state index in [1.165, 1.54) is 0 Å². The average Bonchev–Trinajstić information content (AvgIpc) is 2.15. The molecule has 0 fully saturated rings. The summed E-state index contributed by atoms with van der Waals surface area (Å²) in [4.78, 5) is 2.20. The number of hydrogen-bond donors (Lipinski definition) is 0. The zero-order valence-corrected chi connectivity index (χ0v) is 9.90. The van der Waals surface area contributed by atoms with Crippen LogP contribution in [0.4, 0.5) is 0 Å². The van der Waals surface area contributed by atoms with E-state index in [1.807, 2.05) is 0 Å². The molecule has 0 saturated heterocycles. The summed E-state index contributed by atoms with van der Waals surface area (Å²) in [5, 5.41) is 0. The molecule has 0 rings (SSSR count). The van der Waals surface area contributed by atoms with E-state index < -0.39 is 0 Å². The molecule has 0 N–H and O–H groups in total. The summed E-state index contributed by atoms with van der Waals surface area (Å²) in [6.45, 7) is 4.12. The lowest BCUT2D eigenvalue weighted by atomic mass is 10.2. The van der Waals surface area contributed by atoms with Crippen LogP contribution in [-0.4, -0.2) is 25.0 Å². The Kier molecular flexibility index (Phi) is 8.25. The van der Waals surface area contributed by atoms with Gasteiger partial charge in [0.1, 0.15) is 0 Å². The van der Waals surface area contributed by atoms with Crippen LogP contribution in [0.5, 0.6) is 0 Å². The average molecular weight is 193 g/mol. The third kappa shape index (κ3) is 6.67. The lowest BCUT2D eigenvalue weighted by molar-refractivity contribution is 0.391. The molecule has 80 valence electrons. The molecule has 0 bridgehead atoms. The molecule has 1 nitrogen and oxygen atoms in total. The molecule has 0 aliphatic rings. The summed E-state index contributed by atoms with van der Waals surface area (Å²) in [6.07, 6.45) is 15.4. The van der Waals surface area contributed by atoms with Crippen LogP contribution in [0.25, 0.3) is 0 Å². The van der Waals surface area contributed by atoms with Crippen LogP contribution in [0.3, 0.4) is 0 Å². The third-order valence-electron chi connectivity index (χ3n) is 2.05. The van der Waals surface area contributed by atoms with E-state index >= 15 is 0 Å². The molecule has 0 aromatic rings. The highest BCUT2D eigenvalue weighted by molar-refractivity contribution is 5.05. The Morgan fingerprint density at radius 3 is 2.07 bits per heavy atom. The van der Waals surface area contributed by atoms with Gasteiger partial charge in [0.25, 0.3) is 0 Å². The van der Waals surface area contributed by atoms with E-state index in [2.05, 4.69) is 69.3 Å². The van der Waals surface area contributed by atoms with E-state index in [9.17, 15) is 0 Å². The molecule has 0 aliphatic carbocycles. The van der Waals surface area contributed by atoms with Gasteiger partial charge in [-0.1, -0.05) is 36.5 Å². The van der Waals surface area contributed by atoms with Gasteiger partial charge in [-0.3, -0.25) is 4.90 Å². The van der Waals surface area contributed by atoms with E-state index in [0.29, 0.717) is 6.04 Å². The highest BCUT2D eigenvalue weighted by Gasteiger charge is 2.00. The van der Waals surface area contributed by atoms with Crippen LogP contribution >= 0.6 is 0 Å². The molecule has 0 radical (unpaired) electrons. The van der Waals surface area contributed by atoms with Crippen molar-refractivity contribution in [2.75, 3.05) is 14.1 Å². The maximum atomic E-state index is 2.25. The zero-order chi connectivity index (χ0) is 10.8. The lowest BCUT2D eigenvalue weighted by Gasteiger charge is -2.16. The molecule has 0 aromatic carbocycles. The number of hydrogen-bond acceptors (Lipinski definition) is 1. The summed E-state index contributed by atoms with van der Waals surface area (Å²) in [5.41, 5.74) is 0. The standard InChI is InChI=1S/C13H23N/c1-5-7-8-9-10-12-13(11-6-2)14(3)4/h5-7,10-13H,8-9H2,1-4H3/b7-5-,11-6+,12-10-. The van der Waals surface area contributed by atoms with Crippen LogP contribution in [0.2, 0.25) is 0 Å². The molecule has 0 saturated carbocycles. The van der Waals surface area contributed by atoms with Crippen molar-refractivity contribution in [2.45, 2.75) is 32.7 Å². The minimum atomic E-state index is 0.436. The second kappa shape index (κ2) is 8.76. The number of likely N-dealkylation sites (N-methyl/N-ethyl adjacent to an activating group) is 1. The highest BCUT2D eigenvalue weighted by Crippen LogP contribution is 2.00. The molecular formula is C13H23N. The molecular weight excluding hydrogens is 170 g/mol. The largest absolute Gasteiger partial charge is 0.300 e. The minimum Gasteiger partial charge on any atom is -0.300 e. The molecule has 1 atom stereocenters. The van der Waals surface area contributed by atoms with Crippen molar-refractivity contribution in [3.63, 3.8) is 0 Å². The molecule has 0 aliphatic heterocycles. The maximum absolute atomic E-state index is 2.25. The summed E-state index contributed by atoms with van der Waals surface area (Å²) >= 11 is 0. The quantitative estimate of drug-likeness (QED) is 0.461. The van der Waals surface area contributed by atoms with E-state index in [1.54, 1.807) is 0 Å². The van der Waals surface area contributed by atoms with Crippen LogP contribution in [-0.2, 0) is 0 Å². The van der Waals surface area contributed by atoms with E-state index in [-0.39, 0.29) is 0 Å². The number of nitrogens with zero attached hydrogens (tertiary/aromatic N) is 1. The van der Waals surface area contributed by atoms with Gasteiger partial charge in [0.05, 0.1) is 0 Å². The predicted molar refractivity (Wildman–Crippen MR) is 65.5 cm³/mol. The van der Waals surface area contributed by atoms with Crippen molar-refractivity contribution in [2.24, 2.45) is 0 Å². The maximum Gasteiger partial charge on any atom is 0.0455 e. The fourth-order valence-electron chi connectivity index (χ4n) is 1.20. The molecule has 14 heavy (non-hydrogen) atoms. The first-order chi connectivity index (χ1) is 6.72. The van der Waals surface area contributed by atoms with Gasteiger partial charge in [0, 0.05) is 6.04 Å². The predicted octanol–water partition coefficient (Wildman–Crippen LogP) is 3.41. The highest BCUT2D eigenvalue weighted by atomic mass is 15.1. The van der Waals surface area contributed by atoms with Gasteiger partial charge in [-0.25, -0.2) is 0 Å². The van der Waals surface area contributed by atoms with Gasteiger partial charge in [-0.15, -0.1) is 0 Å². The van der Waals surface area contributed by atoms with Crippen LogP contribution in [0.15, 0.2) is 36.5 Å². The Morgan fingerprint density at radius 1 is 0.929 bits per heavy atom. The Labute approximate surface area is 88.8 Å². The Bertz CT molecular complexity index is 199. The first kappa shape index (κ1) is 13.2. The van der Waals surface area contributed by atoms with Crippen LogP contribution in [0.1, 0.15) is 26.7 Å². The van der Waals surface area contributed by atoms with Gasteiger partial charge in [0.2, 0.25) is 0 Å². The summed E-state index contributed by atoms with van der Waals surface area (Å²) in [5.74, 6) is 0. The van der Waals surface area contributed by atoms with Crippen molar-refractivity contribution in [1.82, 2.24) is 4.90 Å². The number of rotatable bonds is 6. The van der Waals surface area contributed by atoms with Crippen molar-refractivity contribution in [1.29, 1.82) is 0 Å². The molecule has 1 heteroatoms. The van der Waals surface area contributed by atoms with E-state index in [0.717, 1.165) is 12.8 Å². The van der Waals surface area contributed by atoms with Crippen molar-refractivity contribution >= 4 is 0 Å². The summed E-state index contributed by atoms with van der Waals surface area (Å²) in [6, 6.07) is 0.436. The molecule has 0 spiro atoms. The Morgan fingerprint density at radius 2 is 1.57 bits per heavy atom. The molecule has 0 aromatic heterocycles. The number of unbranched alkanes of at least 4 members (excludes halogenated alkanes) is 1. The third-order valence-corrected chi connectivity index (χ3v) is 2.05. The molecule has 0 heterocycles. The second-order valence-electron chi connectivity index (χ2n) is 3.55. The monoisotopic (exact) mass is 193 g/mol. The van der Waals surface area contributed by atoms with E-state index in [4.69, 9.17) is 0 Å². The molecule has 0 amide bonds. The summed E-state index contributed by atoms with van der Waals surface area (Å²) in [7, 11) is 4.20. The fraction of sp³-hybridized carbons (Fsp3) is 0.538. The van der Waals surface area contributed by atoms with Gasteiger partial charge in [-0.2, -0.15) is 0 Å².